The van der Waals surface area contributed by atoms with E-state index in [-0.39, 0.29) is 18.0 Å². The van der Waals surface area contributed by atoms with E-state index in [1.165, 1.54) is 22.3 Å². The fourth-order valence-electron chi connectivity index (χ4n) is 3.84. The largest absolute Gasteiger partial charge is 0.326 e. The first-order valence-corrected chi connectivity index (χ1v) is 10.2. The molecule has 3 aromatic carbocycles. The number of hydrogen-bond acceptors (Lipinski definition) is 1. The van der Waals surface area contributed by atoms with Gasteiger partial charge in [-0.25, -0.2) is 0 Å². The Hall–Kier alpha value is -2.91. The summed E-state index contributed by atoms with van der Waals surface area (Å²) in [7, 11) is 0. The Kier molecular flexibility index (Phi) is 6.50. The highest BCUT2D eigenvalue weighted by molar-refractivity contribution is 5.95. The number of benzene rings is 3. The van der Waals surface area contributed by atoms with Gasteiger partial charge in [-0.1, -0.05) is 77.9 Å². The average Bonchev–Trinajstić information content (AvgIpc) is 2.70. The third-order valence-electron chi connectivity index (χ3n) is 5.42. The van der Waals surface area contributed by atoms with E-state index in [1.807, 2.05) is 39.0 Å². The maximum absolute atomic E-state index is 13.0. The van der Waals surface area contributed by atoms with Crippen molar-refractivity contribution < 1.29 is 10.1 Å². The van der Waals surface area contributed by atoms with Crippen molar-refractivity contribution in [3.63, 3.8) is 0 Å². The van der Waals surface area contributed by atoms with E-state index < -0.39 is 0 Å². The summed E-state index contributed by atoms with van der Waals surface area (Å²) in [4.78, 5) is 13.0. The highest BCUT2D eigenvalue weighted by atomic mass is 16.2. The van der Waals surface area contributed by atoms with Gasteiger partial charge in [0.05, 0.1) is 0 Å². The second-order valence-electron chi connectivity index (χ2n) is 8.04. The molecule has 3 nitrogen and oxygen atoms in total. The summed E-state index contributed by atoms with van der Waals surface area (Å²) < 4.78 is 0. The molecule has 3 aromatic rings. The van der Waals surface area contributed by atoms with Gasteiger partial charge in [-0.15, -0.1) is 0 Å². The Morgan fingerprint density at radius 3 is 1.93 bits per heavy atom. The van der Waals surface area contributed by atoms with E-state index in [0.29, 0.717) is 0 Å². The Bertz CT molecular complexity index is 954. The lowest BCUT2D eigenvalue weighted by atomic mass is 9.97. The van der Waals surface area contributed by atoms with Crippen LogP contribution in [0.3, 0.4) is 0 Å². The molecule has 3 heteroatoms. The van der Waals surface area contributed by atoms with E-state index in [0.717, 1.165) is 16.8 Å². The smallest absolute Gasteiger partial charge is 0.282 e. The minimum Gasteiger partial charge on any atom is -0.326 e. The Balaban J connectivity index is 1.82. The minimum atomic E-state index is -0.235. The number of aryl methyl sites for hydroxylation is 4. The van der Waals surface area contributed by atoms with Crippen LogP contribution >= 0.6 is 0 Å². The van der Waals surface area contributed by atoms with Crippen molar-refractivity contribution in [1.29, 1.82) is 0 Å². The van der Waals surface area contributed by atoms with Gasteiger partial charge in [-0.05, 0) is 45.7 Å². The van der Waals surface area contributed by atoms with Crippen molar-refractivity contribution >= 4 is 11.6 Å². The fraction of sp³-hybridized carbons (Fsp3) is 0.269. The first kappa shape index (κ1) is 20.8. The third-order valence-corrected chi connectivity index (χ3v) is 5.42. The number of rotatable bonds is 6. The summed E-state index contributed by atoms with van der Waals surface area (Å²) in [5.74, 6) is 0.0214. The van der Waals surface area contributed by atoms with Crippen molar-refractivity contribution in [2.45, 2.75) is 46.7 Å². The molecule has 1 amide bonds. The van der Waals surface area contributed by atoms with E-state index in [9.17, 15) is 4.79 Å². The highest BCUT2D eigenvalue weighted by Gasteiger charge is 2.25. The maximum atomic E-state index is 13.0. The van der Waals surface area contributed by atoms with Gasteiger partial charge in [0.25, 0.3) is 5.91 Å². The number of nitrogens with one attached hydrogen (secondary N) is 1. The number of anilines is 1. The van der Waals surface area contributed by atoms with Crippen LogP contribution < -0.4 is 10.6 Å². The van der Waals surface area contributed by atoms with Gasteiger partial charge in [-0.3, -0.25) is 4.79 Å². The molecule has 2 atom stereocenters. The van der Waals surface area contributed by atoms with E-state index in [4.69, 9.17) is 0 Å². The second kappa shape index (κ2) is 9.06. The van der Waals surface area contributed by atoms with Crippen molar-refractivity contribution in [2.75, 3.05) is 5.32 Å². The maximum Gasteiger partial charge on any atom is 0.282 e. The van der Waals surface area contributed by atoms with E-state index >= 15 is 0 Å². The Morgan fingerprint density at radius 1 is 0.793 bits per heavy atom. The zero-order valence-electron chi connectivity index (χ0n) is 18.0. The van der Waals surface area contributed by atoms with Gasteiger partial charge >= 0.3 is 0 Å². The molecule has 0 aliphatic carbocycles. The number of carbonyl (C=O) groups is 1. The van der Waals surface area contributed by atoms with Crippen LogP contribution in [0.4, 0.5) is 5.69 Å². The highest BCUT2D eigenvalue weighted by Crippen LogP contribution is 2.22. The number of hydrogen-bond donors (Lipinski definition) is 2. The lowest BCUT2D eigenvalue weighted by Gasteiger charge is -2.22. The van der Waals surface area contributed by atoms with Crippen LogP contribution in [0.15, 0.2) is 66.7 Å². The predicted octanol–water partition coefficient (Wildman–Crippen LogP) is 4.60. The molecule has 0 fully saturated rings. The summed E-state index contributed by atoms with van der Waals surface area (Å²) in [6.07, 6.45) is 0. The van der Waals surface area contributed by atoms with Crippen LogP contribution in [0.5, 0.6) is 0 Å². The summed E-state index contributed by atoms with van der Waals surface area (Å²) in [5.41, 5.74) is 7.95. The van der Waals surface area contributed by atoms with Crippen molar-refractivity contribution in [3.8, 4) is 0 Å². The molecule has 150 valence electrons. The second-order valence-corrected chi connectivity index (χ2v) is 8.04. The molecule has 0 unspecified atom stereocenters. The lowest BCUT2D eigenvalue weighted by Crippen LogP contribution is -2.92. The SMILES string of the molecule is Cc1ccc([C@@H]([NH2+][C@@H](C)C(=O)Nc2c(C)cc(C)cc2C)c2ccccc2)cc1. The topological polar surface area (TPSA) is 45.7 Å². The number of nitrogens with two attached hydrogens (primary N) is 1. The Labute approximate surface area is 174 Å². The number of amides is 1. The summed E-state index contributed by atoms with van der Waals surface area (Å²) >= 11 is 0. The van der Waals surface area contributed by atoms with Crippen LogP contribution in [0, 0.1) is 27.7 Å². The van der Waals surface area contributed by atoms with Gasteiger partial charge in [0.15, 0.2) is 6.04 Å². The summed E-state index contributed by atoms with van der Waals surface area (Å²) in [6, 6.07) is 23.0. The van der Waals surface area contributed by atoms with Gasteiger partial charge in [0, 0.05) is 16.8 Å². The predicted molar refractivity (Wildman–Crippen MR) is 120 cm³/mol. The van der Waals surface area contributed by atoms with Crippen LogP contribution in [0.1, 0.15) is 46.3 Å². The third kappa shape index (κ3) is 5.12. The molecular weight excluding hydrogens is 356 g/mol. The van der Waals surface area contributed by atoms with Crippen LogP contribution in [-0.4, -0.2) is 11.9 Å². The average molecular weight is 388 g/mol. The molecule has 0 saturated heterocycles. The molecule has 0 spiro atoms. The molecule has 29 heavy (non-hydrogen) atoms. The zero-order valence-corrected chi connectivity index (χ0v) is 18.0. The lowest BCUT2D eigenvalue weighted by molar-refractivity contribution is -0.704. The van der Waals surface area contributed by atoms with Gasteiger partial charge < -0.3 is 10.6 Å². The molecular formula is C26H31N2O+. The van der Waals surface area contributed by atoms with Crippen molar-refractivity contribution in [3.05, 3.63) is 100 Å². The molecule has 0 radical (unpaired) electrons. The van der Waals surface area contributed by atoms with Crippen LogP contribution in [0.2, 0.25) is 0 Å². The molecule has 0 saturated carbocycles. The van der Waals surface area contributed by atoms with Crippen molar-refractivity contribution in [2.24, 2.45) is 0 Å². The van der Waals surface area contributed by atoms with Crippen LogP contribution in [0.25, 0.3) is 0 Å². The molecule has 0 aliphatic heterocycles. The van der Waals surface area contributed by atoms with Gasteiger partial charge in [-0.2, -0.15) is 0 Å². The van der Waals surface area contributed by atoms with E-state index in [1.54, 1.807) is 0 Å². The quantitative estimate of drug-likeness (QED) is 0.638. The fourth-order valence-corrected chi connectivity index (χ4v) is 3.84. The monoisotopic (exact) mass is 387 g/mol. The van der Waals surface area contributed by atoms with Crippen LogP contribution in [-0.2, 0) is 4.79 Å². The first-order chi connectivity index (χ1) is 13.8. The first-order valence-electron chi connectivity index (χ1n) is 10.2. The standard InChI is InChI=1S/C26H30N2O/c1-17-11-13-23(14-12-17)25(22-9-7-6-8-10-22)27-21(5)26(29)28-24-19(3)15-18(2)16-20(24)4/h6-16,21,25,27H,1-5H3,(H,28,29)/p+1/t21-,25-/m0/s1. The van der Waals surface area contributed by atoms with E-state index in [2.05, 4.69) is 73.0 Å². The summed E-state index contributed by atoms with van der Waals surface area (Å²) in [5, 5.41) is 5.30. The summed E-state index contributed by atoms with van der Waals surface area (Å²) in [6.45, 7) is 10.2. The molecule has 0 heterocycles. The molecule has 0 aliphatic rings. The zero-order chi connectivity index (χ0) is 21.0. The van der Waals surface area contributed by atoms with Gasteiger partial charge in [0.2, 0.25) is 0 Å². The van der Waals surface area contributed by atoms with Crippen molar-refractivity contribution in [1.82, 2.24) is 0 Å². The molecule has 0 bridgehead atoms. The minimum absolute atomic E-state index is 0.0214. The molecule has 0 aromatic heterocycles. The van der Waals surface area contributed by atoms with Gasteiger partial charge in [0.1, 0.15) is 6.04 Å². The Morgan fingerprint density at radius 2 is 1.34 bits per heavy atom. The normalized spacial score (nSPS) is 13.0. The number of carbonyl (C=O) groups excluding carboxylic acids is 1. The molecule has 3 N–H and O–H groups in total. The molecule has 3 rings (SSSR count). The number of quaternary nitrogens is 1.